The molecular formula is C57H36N4. The second kappa shape index (κ2) is 14.3. The molecule has 0 radical (unpaired) electrons. The van der Waals surface area contributed by atoms with Crippen LogP contribution in [0.2, 0.25) is 0 Å². The molecule has 0 spiro atoms. The van der Waals surface area contributed by atoms with E-state index in [0.717, 1.165) is 44.5 Å². The molecule has 2 heterocycles. The van der Waals surface area contributed by atoms with Crippen molar-refractivity contribution in [1.82, 2.24) is 19.5 Å². The highest BCUT2D eigenvalue weighted by Crippen LogP contribution is 2.40. The predicted molar refractivity (Wildman–Crippen MR) is 254 cm³/mol. The van der Waals surface area contributed by atoms with Gasteiger partial charge in [0, 0.05) is 33.2 Å². The van der Waals surface area contributed by atoms with Crippen LogP contribution in [0.1, 0.15) is 0 Å². The van der Waals surface area contributed by atoms with Gasteiger partial charge in [-0.25, -0.2) is 15.0 Å². The number of nitrogens with zero attached hydrogens (tertiary/aromatic N) is 4. The van der Waals surface area contributed by atoms with Crippen molar-refractivity contribution in [3.63, 3.8) is 0 Å². The predicted octanol–water partition coefficient (Wildman–Crippen LogP) is 14.8. The summed E-state index contributed by atoms with van der Waals surface area (Å²) in [6.07, 6.45) is 0. The van der Waals surface area contributed by atoms with Gasteiger partial charge in [-0.15, -0.1) is 0 Å². The Morgan fingerprint density at radius 1 is 0.262 bits per heavy atom. The molecule has 0 aliphatic carbocycles. The maximum Gasteiger partial charge on any atom is 0.164 e. The van der Waals surface area contributed by atoms with E-state index in [4.69, 9.17) is 15.0 Å². The van der Waals surface area contributed by atoms with E-state index in [1.165, 1.54) is 54.2 Å². The Morgan fingerprint density at radius 2 is 0.754 bits per heavy atom. The minimum Gasteiger partial charge on any atom is -0.309 e. The van der Waals surface area contributed by atoms with Gasteiger partial charge in [-0.05, 0) is 84.9 Å². The molecular weight excluding hydrogens is 741 g/mol. The van der Waals surface area contributed by atoms with Crippen LogP contribution >= 0.6 is 0 Å². The summed E-state index contributed by atoms with van der Waals surface area (Å²) in [6.45, 7) is 0. The lowest BCUT2D eigenvalue weighted by Gasteiger charge is -2.14. The summed E-state index contributed by atoms with van der Waals surface area (Å²) in [6, 6.07) is 77.6. The number of hydrogen-bond acceptors (Lipinski definition) is 3. The molecule has 0 aliphatic heterocycles. The van der Waals surface area contributed by atoms with Crippen molar-refractivity contribution < 1.29 is 0 Å². The normalized spacial score (nSPS) is 11.6. The van der Waals surface area contributed by atoms with E-state index in [0.29, 0.717) is 17.5 Å². The van der Waals surface area contributed by atoms with Crippen molar-refractivity contribution in [2.45, 2.75) is 0 Å². The molecule has 4 nitrogen and oxygen atoms in total. The van der Waals surface area contributed by atoms with Crippen LogP contribution in [0.3, 0.4) is 0 Å². The smallest absolute Gasteiger partial charge is 0.164 e. The third kappa shape index (κ3) is 5.96. The molecule has 12 aromatic rings. The van der Waals surface area contributed by atoms with E-state index >= 15 is 0 Å². The van der Waals surface area contributed by atoms with Gasteiger partial charge >= 0.3 is 0 Å². The van der Waals surface area contributed by atoms with Crippen molar-refractivity contribution in [2.24, 2.45) is 0 Å². The van der Waals surface area contributed by atoms with Crippen LogP contribution in [-0.4, -0.2) is 19.5 Å². The molecule has 0 unspecified atom stereocenters. The zero-order valence-electron chi connectivity index (χ0n) is 33.1. The summed E-state index contributed by atoms with van der Waals surface area (Å²) in [5.74, 6) is 1.87. The number of para-hydroxylation sites is 2. The van der Waals surface area contributed by atoms with E-state index < -0.39 is 0 Å². The number of benzene rings is 10. The molecule has 284 valence electrons. The Kier molecular flexibility index (Phi) is 8.13. The van der Waals surface area contributed by atoms with E-state index in [-0.39, 0.29) is 0 Å². The van der Waals surface area contributed by atoms with Crippen molar-refractivity contribution in [2.75, 3.05) is 0 Å². The minimum atomic E-state index is 0.620. The highest BCUT2D eigenvalue weighted by Gasteiger charge is 2.18. The zero-order chi connectivity index (χ0) is 40.3. The standard InChI is InChI=1S/C57H36N4/c1-3-13-37(14-4-1)38-23-27-41(28-24-38)55-58-56(60-57(59-55)44-32-33-49-48-21-11-12-22-52(48)61(53(49)36-44)45-17-5-2-6-18-45)42-29-25-40(26-30-42)54-47-20-10-8-16-43(47)35-51-46-19-9-7-15-39(46)31-34-50(51)54/h1-36H. The third-order valence-electron chi connectivity index (χ3n) is 12.0. The molecule has 0 saturated heterocycles. The average molecular weight is 777 g/mol. The first-order valence-corrected chi connectivity index (χ1v) is 20.7. The van der Waals surface area contributed by atoms with E-state index in [1.807, 2.05) is 6.07 Å². The van der Waals surface area contributed by atoms with Gasteiger partial charge in [0.1, 0.15) is 0 Å². The second-order valence-electron chi connectivity index (χ2n) is 15.6. The van der Waals surface area contributed by atoms with Crippen molar-refractivity contribution >= 4 is 54.1 Å². The number of rotatable bonds is 6. The summed E-state index contributed by atoms with van der Waals surface area (Å²) < 4.78 is 2.33. The van der Waals surface area contributed by atoms with Gasteiger partial charge in [-0.1, -0.05) is 188 Å². The minimum absolute atomic E-state index is 0.620. The molecule has 0 amide bonds. The van der Waals surface area contributed by atoms with Crippen molar-refractivity contribution in [3.8, 4) is 62.1 Å². The lowest BCUT2D eigenvalue weighted by atomic mass is 9.89. The van der Waals surface area contributed by atoms with E-state index in [2.05, 4.69) is 217 Å². The lowest BCUT2D eigenvalue weighted by Crippen LogP contribution is -2.00. The van der Waals surface area contributed by atoms with Gasteiger partial charge in [0.25, 0.3) is 0 Å². The van der Waals surface area contributed by atoms with Gasteiger partial charge in [-0.3, -0.25) is 0 Å². The molecule has 4 heteroatoms. The molecule has 2 aromatic heterocycles. The van der Waals surface area contributed by atoms with Crippen molar-refractivity contribution in [3.05, 3.63) is 218 Å². The van der Waals surface area contributed by atoms with Crippen LogP contribution in [0.5, 0.6) is 0 Å². The Labute approximate surface area is 352 Å². The van der Waals surface area contributed by atoms with E-state index in [9.17, 15) is 0 Å². The molecule has 10 aromatic carbocycles. The quantitative estimate of drug-likeness (QED) is 0.125. The summed E-state index contributed by atoms with van der Waals surface area (Å²) in [5, 5.41) is 9.82. The highest BCUT2D eigenvalue weighted by molar-refractivity contribution is 6.20. The monoisotopic (exact) mass is 776 g/mol. The third-order valence-corrected chi connectivity index (χ3v) is 12.0. The van der Waals surface area contributed by atoms with Crippen LogP contribution in [0, 0.1) is 0 Å². The van der Waals surface area contributed by atoms with Crippen molar-refractivity contribution in [1.29, 1.82) is 0 Å². The van der Waals surface area contributed by atoms with Crippen LogP contribution in [0.25, 0.3) is 116 Å². The first kappa shape index (κ1) is 34.8. The zero-order valence-corrected chi connectivity index (χ0v) is 33.1. The average Bonchev–Trinajstić information content (AvgIpc) is 3.67. The number of aromatic nitrogens is 4. The maximum atomic E-state index is 5.23. The van der Waals surface area contributed by atoms with Gasteiger partial charge in [0.15, 0.2) is 17.5 Å². The molecule has 0 saturated carbocycles. The second-order valence-corrected chi connectivity index (χ2v) is 15.6. The number of fused-ring (bicyclic) bond motifs is 7. The van der Waals surface area contributed by atoms with Crippen LogP contribution in [0.15, 0.2) is 218 Å². The summed E-state index contributed by atoms with van der Waals surface area (Å²) in [7, 11) is 0. The van der Waals surface area contributed by atoms with Crippen LogP contribution in [-0.2, 0) is 0 Å². The summed E-state index contributed by atoms with van der Waals surface area (Å²) in [4.78, 5) is 15.6. The fourth-order valence-electron chi connectivity index (χ4n) is 9.09. The molecule has 61 heavy (non-hydrogen) atoms. The van der Waals surface area contributed by atoms with Crippen LogP contribution < -0.4 is 0 Å². The topological polar surface area (TPSA) is 43.6 Å². The first-order chi connectivity index (χ1) is 30.2. The van der Waals surface area contributed by atoms with E-state index in [1.54, 1.807) is 0 Å². The van der Waals surface area contributed by atoms with Gasteiger partial charge in [0.05, 0.1) is 11.0 Å². The fraction of sp³-hybridized carbons (Fsp3) is 0. The van der Waals surface area contributed by atoms with Gasteiger partial charge in [0.2, 0.25) is 0 Å². The Balaban J connectivity index is 1.02. The lowest BCUT2D eigenvalue weighted by molar-refractivity contribution is 1.07. The van der Waals surface area contributed by atoms with Gasteiger partial charge in [-0.2, -0.15) is 0 Å². The largest absolute Gasteiger partial charge is 0.309 e. The molecule has 0 aliphatic rings. The molecule has 12 rings (SSSR count). The maximum absolute atomic E-state index is 5.23. The SMILES string of the molecule is c1ccc(-c2ccc(-c3nc(-c4ccc(-c5c6ccccc6cc6c5ccc5ccccc56)cc4)nc(-c4ccc5c6ccccc6n(-c6ccccc6)c5c4)n3)cc2)cc1. The molecule has 0 atom stereocenters. The van der Waals surface area contributed by atoms with Gasteiger partial charge < -0.3 is 4.57 Å². The molecule has 0 fully saturated rings. The Hall–Kier alpha value is -8.21. The van der Waals surface area contributed by atoms with Crippen LogP contribution in [0.4, 0.5) is 0 Å². The Bertz CT molecular complexity index is 3610. The summed E-state index contributed by atoms with van der Waals surface area (Å²) in [5.41, 5.74) is 10.8. The number of hydrogen-bond donors (Lipinski definition) is 0. The molecule has 0 bridgehead atoms. The summed E-state index contributed by atoms with van der Waals surface area (Å²) >= 11 is 0. The fourth-order valence-corrected chi connectivity index (χ4v) is 9.09. The first-order valence-electron chi connectivity index (χ1n) is 20.7. The molecule has 0 N–H and O–H groups in total. The Morgan fingerprint density at radius 3 is 1.48 bits per heavy atom. The highest BCUT2D eigenvalue weighted by atomic mass is 15.0.